The van der Waals surface area contributed by atoms with Crippen LogP contribution >= 0.6 is 23.4 Å². The molecular weight excluding hydrogens is 432 g/mol. The van der Waals surface area contributed by atoms with Crippen molar-refractivity contribution in [1.82, 2.24) is 0 Å². The van der Waals surface area contributed by atoms with Crippen LogP contribution < -0.4 is 10.9 Å². The number of para-hydroxylation sites is 1. The molecular formula is C22H19ClN6OS. The van der Waals surface area contributed by atoms with Crippen LogP contribution in [0.4, 0.5) is 17.1 Å². The number of amidine groups is 1. The number of hydrogen-bond donors (Lipinski definition) is 2. The van der Waals surface area contributed by atoms with Gasteiger partial charge >= 0.3 is 0 Å². The fourth-order valence-electron chi connectivity index (χ4n) is 2.22. The van der Waals surface area contributed by atoms with E-state index in [0.717, 1.165) is 17.4 Å². The predicted octanol–water partition coefficient (Wildman–Crippen LogP) is 6.55. The van der Waals surface area contributed by atoms with Crippen molar-refractivity contribution in [3.05, 3.63) is 90.0 Å². The number of carbonyl (C=O) groups is 1. The number of nitrogens with one attached hydrogen (secondary N) is 2. The largest absolute Gasteiger partial charge is 0.292 e. The van der Waals surface area contributed by atoms with Crippen molar-refractivity contribution < 1.29 is 4.79 Å². The number of rotatable bonds is 6. The number of anilines is 2. The van der Waals surface area contributed by atoms with Gasteiger partial charge in [0, 0.05) is 11.9 Å². The summed E-state index contributed by atoms with van der Waals surface area (Å²) in [5.41, 5.74) is 7.83. The van der Waals surface area contributed by atoms with Crippen molar-refractivity contribution >= 4 is 56.4 Å². The number of halogens is 1. The van der Waals surface area contributed by atoms with Crippen LogP contribution in [0.1, 0.15) is 6.92 Å². The first kappa shape index (κ1) is 22.2. The minimum absolute atomic E-state index is 0.167. The summed E-state index contributed by atoms with van der Waals surface area (Å²) < 4.78 is 0. The van der Waals surface area contributed by atoms with Crippen LogP contribution in [-0.4, -0.2) is 16.0 Å². The first-order valence-electron chi connectivity index (χ1n) is 9.24. The lowest BCUT2D eigenvalue weighted by Gasteiger charge is -2.05. The van der Waals surface area contributed by atoms with E-state index in [0.29, 0.717) is 16.4 Å². The minimum Gasteiger partial charge on any atom is -0.292 e. The van der Waals surface area contributed by atoms with Crippen LogP contribution in [0.3, 0.4) is 0 Å². The molecule has 3 aromatic rings. The summed E-state index contributed by atoms with van der Waals surface area (Å²) in [7, 11) is 0. The number of hydrogen-bond acceptors (Lipinski definition) is 7. The molecule has 0 heterocycles. The maximum absolute atomic E-state index is 12.2. The van der Waals surface area contributed by atoms with E-state index in [1.54, 1.807) is 24.3 Å². The van der Waals surface area contributed by atoms with Gasteiger partial charge in [-0.15, -0.1) is 15.3 Å². The number of thioether (sulfide) groups is 1. The SMILES string of the molecule is CC(=O)/C(=N/Nc1cccc(Cl)c1)S/C(N=Nc1ccccc1)=N\Nc1ccccc1. The summed E-state index contributed by atoms with van der Waals surface area (Å²) in [4.78, 5) is 12.2. The van der Waals surface area contributed by atoms with E-state index in [-0.39, 0.29) is 16.0 Å². The molecule has 0 fully saturated rings. The van der Waals surface area contributed by atoms with Gasteiger partial charge in [-0.3, -0.25) is 15.6 Å². The Morgan fingerprint density at radius 2 is 1.48 bits per heavy atom. The van der Waals surface area contributed by atoms with Gasteiger partial charge in [-0.25, -0.2) is 0 Å². The second-order valence-electron chi connectivity index (χ2n) is 6.11. The molecule has 31 heavy (non-hydrogen) atoms. The molecule has 0 aliphatic carbocycles. The lowest BCUT2D eigenvalue weighted by molar-refractivity contribution is -0.110. The monoisotopic (exact) mass is 450 g/mol. The Labute approximate surface area is 189 Å². The van der Waals surface area contributed by atoms with Crippen molar-refractivity contribution in [2.45, 2.75) is 6.92 Å². The Morgan fingerprint density at radius 3 is 2.16 bits per heavy atom. The number of ketones is 1. The summed E-state index contributed by atoms with van der Waals surface area (Å²) in [6, 6.07) is 25.7. The maximum Gasteiger partial charge on any atom is 0.233 e. The highest BCUT2D eigenvalue weighted by Gasteiger charge is 2.13. The Bertz CT molecular complexity index is 1100. The molecule has 3 rings (SSSR count). The molecule has 0 radical (unpaired) electrons. The highest BCUT2D eigenvalue weighted by Crippen LogP contribution is 2.18. The predicted molar refractivity (Wildman–Crippen MR) is 129 cm³/mol. The van der Waals surface area contributed by atoms with Crippen molar-refractivity contribution in [2.24, 2.45) is 20.4 Å². The highest BCUT2D eigenvalue weighted by atomic mass is 35.5. The molecule has 7 nitrogen and oxygen atoms in total. The zero-order valence-corrected chi connectivity index (χ0v) is 18.1. The topological polar surface area (TPSA) is 90.6 Å². The number of hydrazone groups is 2. The maximum atomic E-state index is 12.2. The van der Waals surface area contributed by atoms with Gasteiger partial charge in [0.1, 0.15) is 0 Å². The molecule has 9 heteroatoms. The van der Waals surface area contributed by atoms with Gasteiger partial charge < -0.3 is 0 Å². The summed E-state index contributed by atoms with van der Waals surface area (Å²) in [5, 5.41) is 17.8. The Kier molecular flexibility index (Phi) is 8.33. The minimum atomic E-state index is -0.248. The molecule has 0 saturated carbocycles. The van der Waals surface area contributed by atoms with Crippen LogP contribution in [0, 0.1) is 0 Å². The van der Waals surface area contributed by atoms with Gasteiger partial charge in [0.2, 0.25) is 5.17 Å². The number of nitrogens with zero attached hydrogens (tertiary/aromatic N) is 4. The second kappa shape index (κ2) is 11.6. The number of Topliss-reactive ketones (excluding diaryl/α,β-unsaturated/α-hetero) is 1. The van der Waals surface area contributed by atoms with E-state index >= 15 is 0 Å². The number of benzene rings is 3. The Hall–Kier alpha value is -3.49. The molecule has 156 valence electrons. The van der Waals surface area contributed by atoms with E-state index in [4.69, 9.17) is 11.6 Å². The van der Waals surface area contributed by atoms with Gasteiger partial charge in [0.15, 0.2) is 10.8 Å². The third-order valence-corrected chi connectivity index (χ3v) is 4.82. The molecule has 0 bridgehead atoms. The van der Waals surface area contributed by atoms with Gasteiger partial charge in [0.05, 0.1) is 17.1 Å². The molecule has 0 aromatic heterocycles. The summed E-state index contributed by atoms with van der Waals surface area (Å²) in [6.07, 6.45) is 0. The zero-order valence-electron chi connectivity index (χ0n) is 16.6. The average molecular weight is 451 g/mol. The fraction of sp³-hybridized carbons (Fsp3) is 0.0455. The molecule has 0 aliphatic heterocycles. The smallest absolute Gasteiger partial charge is 0.233 e. The van der Waals surface area contributed by atoms with E-state index < -0.39 is 0 Å². The summed E-state index contributed by atoms with van der Waals surface area (Å²) in [5.74, 6) is -0.248. The summed E-state index contributed by atoms with van der Waals surface area (Å²) in [6.45, 7) is 1.42. The molecule has 3 aromatic carbocycles. The van der Waals surface area contributed by atoms with Gasteiger partial charge in [-0.05, 0) is 54.2 Å². The van der Waals surface area contributed by atoms with Crippen LogP contribution in [0.25, 0.3) is 0 Å². The first-order valence-corrected chi connectivity index (χ1v) is 10.4. The van der Waals surface area contributed by atoms with Crippen molar-refractivity contribution in [1.29, 1.82) is 0 Å². The Morgan fingerprint density at radius 1 is 0.839 bits per heavy atom. The molecule has 0 atom stereocenters. The average Bonchev–Trinajstić information content (AvgIpc) is 2.79. The lowest BCUT2D eigenvalue weighted by Crippen LogP contribution is -2.11. The van der Waals surface area contributed by atoms with Crippen molar-refractivity contribution in [2.75, 3.05) is 10.9 Å². The molecule has 0 unspecified atom stereocenters. The molecule has 2 N–H and O–H groups in total. The van der Waals surface area contributed by atoms with Crippen LogP contribution in [0.5, 0.6) is 0 Å². The van der Waals surface area contributed by atoms with Crippen LogP contribution in [-0.2, 0) is 4.79 Å². The zero-order chi connectivity index (χ0) is 21.9. The molecule has 0 saturated heterocycles. The molecule has 0 amide bonds. The fourth-order valence-corrected chi connectivity index (χ4v) is 2.99. The van der Waals surface area contributed by atoms with Crippen LogP contribution in [0.2, 0.25) is 5.02 Å². The van der Waals surface area contributed by atoms with E-state index in [2.05, 4.69) is 31.3 Å². The number of azo groups is 1. The van der Waals surface area contributed by atoms with Crippen molar-refractivity contribution in [3.63, 3.8) is 0 Å². The van der Waals surface area contributed by atoms with Gasteiger partial charge in [-0.2, -0.15) is 5.10 Å². The quantitative estimate of drug-likeness (QED) is 0.193. The third kappa shape index (κ3) is 7.69. The van der Waals surface area contributed by atoms with E-state index in [1.165, 1.54) is 6.92 Å². The third-order valence-electron chi connectivity index (χ3n) is 3.66. The highest BCUT2D eigenvalue weighted by molar-refractivity contribution is 8.28. The normalized spacial score (nSPS) is 12.1. The molecule has 0 aliphatic rings. The second-order valence-corrected chi connectivity index (χ2v) is 7.50. The summed E-state index contributed by atoms with van der Waals surface area (Å²) >= 11 is 6.98. The van der Waals surface area contributed by atoms with E-state index in [9.17, 15) is 4.79 Å². The van der Waals surface area contributed by atoms with Gasteiger partial charge in [0.25, 0.3) is 0 Å². The molecule has 0 spiro atoms. The number of carbonyl (C=O) groups excluding carboxylic acids is 1. The Balaban J connectivity index is 1.82. The van der Waals surface area contributed by atoms with Gasteiger partial charge in [-0.1, -0.05) is 54.1 Å². The van der Waals surface area contributed by atoms with E-state index in [1.807, 2.05) is 60.7 Å². The van der Waals surface area contributed by atoms with Crippen molar-refractivity contribution in [3.8, 4) is 0 Å². The van der Waals surface area contributed by atoms with Crippen LogP contribution in [0.15, 0.2) is 105 Å². The standard InChI is InChI=1S/C22H19ClN6OS/c1-16(30)21(27-26-20-14-8-9-17(23)15-20)31-22(28-24-18-10-4-2-5-11-18)29-25-19-12-6-3-7-13-19/h2-15,24,26H,1H3/b27-21-,28-22-,29-25?. The lowest BCUT2D eigenvalue weighted by atomic mass is 10.3. The first-order chi connectivity index (χ1) is 15.1.